The molecular weight excluding hydrogens is 334 g/mol. The monoisotopic (exact) mass is 357 g/mol. The van der Waals surface area contributed by atoms with E-state index in [1.807, 2.05) is 24.0 Å². The molecule has 4 rings (SSSR count). The highest BCUT2D eigenvalue weighted by atomic mass is 16.5. The number of aryl methyl sites for hydroxylation is 1. The second kappa shape index (κ2) is 6.72. The van der Waals surface area contributed by atoms with Gasteiger partial charge in [-0.3, -0.25) is 14.4 Å². The summed E-state index contributed by atoms with van der Waals surface area (Å²) < 4.78 is 5.44. The Kier molecular flexibility index (Phi) is 4.40. The van der Waals surface area contributed by atoms with Crippen molar-refractivity contribution in [2.75, 3.05) is 29.9 Å². The summed E-state index contributed by atoms with van der Waals surface area (Å²) in [5.41, 5.74) is 3.55. The molecule has 3 amide bonds. The summed E-state index contributed by atoms with van der Waals surface area (Å²) in [7, 11) is 0. The van der Waals surface area contributed by atoms with Gasteiger partial charge in [-0.15, -0.1) is 0 Å². The Labute approximate surface area is 152 Å². The van der Waals surface area contributed by atoms with E-state index in [1.54, 1.807) is 0 Å². The van der Waals surface area contributed by atoms with Crippen LogP contribution >= 0.6 is 0 Å². The number of anilines is 2. The summed E-state index contributed by atoms with van der Waals surface area (Å²) in [4.78, 5) is 38.5. The van der Waals surface area contributed by atoms with E-state index in [2.05, 4.69) is 10.6 Å². The van der Waals surface area contributed by atoms with Gasteiger partial charge in [0.1, 0.15) is 0 Å². The predicted molar refractivity (Wildman–Crippen MR) is 96.1 cm³/mol. The van der Waals surface area contributed by atoms with Gasteiger partial charge >= 0.3 is 11.8 Å². The minimum absolute atomic E-state index is 0.00551. The lowest BCUT2D eigenvalue weighted by Crippen LogP contribution is -2.39. The Morgan fingerprint density at radius 2 is 2.12 bits per heavy atom. The molecule has 1 aromatic carbocycles. The van der Waals surface area contributed by atoms with Crippen molar-refractivity contribution in [1.29, 1.82) is 0 Å². The smallest absolute Gasteiger partial charge is 0.313 e. The van der Waals surface area contributed by atoms with E-state index in [9.17, 15) is 14.4 Å². The minimum Gasteiger partial charge on any atom is -0.376 e. The lowest BCUT2D eigenvalue weighted by atomic mass is 9.96. The van der Waals surface area contributed by atoms with Gasteiger partial charge in [-0.2, -0.15) is 0 Å². The van der Waals surface area contributed by atoms with Crippen molar-refractivity contribution < 1.29 is 19.1 Å². The lowest BCUT2D eigenvalue weighted by Gasteiger charge is -2.26. The first-order chi connectivity index (χ1) is 12.5. The van der Waals surface area contributed by atoms with Gasteiger partial charge in [0.15, 0.2) is 0 Å². The normalized spacial score (nSPS) is 23.7. The first-order valence-corrected chi connectivity index (χ1v) is 9.23. The zero-order valence-corrected chi connectivity index (χ0v) is 14.8. The molecule has 3 heterocycles. The fourth-order valence-electron chi connectivity index (χ4n) is 4.05. The standard InChI is InChI=1S/C19H23N3O4/c1-11-15-9-13(8-12-4-2-6-22(16(12)15)19(11)25)21-18(24)17(23)20-10-14-5-3-7-26-14/h8-9,11,14H,2-7,10H2,1H3,(H,20,23)(H,21,24)/t11-,14+/m0/s1. The Bertz CT molecular complexity index is 770. The van der Waals surface area contributed by atoms with Gasteiger partial charge in [-0.25, -0.2) is 0 Å². The van der Waals surface area contributed by atoms with E-state index in [1.165, 1.54) is 0 Å². The van der Waals surface area contributed by atoms with Crippen molar-refractivity contribution in [2.24, 2.45) is 0 Å². The van der Waals surface area contributed by atoms with Gasteiger partial charge in [-0.05, 0) is 55.9 Å². The number of carbonyl (C=O) groups is 3. The van der Waals surface area contributed by atoms with Crippen molar-refractivity contribution in [1.82, 2.24) is 5.32 Å². The molecule has 7 heteroatoms. The van der Waals surface area contributed by atoms with E-state index in [0.717, 1.165) is 49.0 Å². The van der Waals surface area contributed by atoms with Crippen molar-refractivity contribution in [3.05, 3.63) is 23.3 Å². The van der Waals surface area contributed by atoms with Crippen LogP contribution in [0.3, 0.4) is 0 Å². The summed E-state index contributed by atoms with van der Waals surface area (Å²) >= 11 is 0. The molecule has 2 N–H and O–H groups in total. The van der Waals surface area contributed by atoms with Crippen LogP contribution in [0.25, 0.3) is 0 Å². The van der Waals surface area contributed by atoms with Crippen LogP contribution in [0.1, 0.15) is 43.2 Å². The number of carbonyl (C=O) groups excluding carboxylic acids is 3. The van der Waals surface area contributed by atoms with Gasteiger partial charge in [0, 0.05) is 25.4 Å². The van der Waals surface area contributed by atoms with Crippen molar-refractivity contribution >= 4 is 29.1 Å². The first kappa shape index (κ1) is 17.0. The highest BCUT2D eigenvalue weighted by molar-refractivity contribution is 6.39. The van der Waals surface area contributed by atoms with Gasteiger partial charge in [0.05, 0.1) is 17.7 Å². The van der Waals surface area contributed by atoms with Crippen LogP contribution in [0, 0.1) is 0 Å². The maximum absolute atomic E-state index is 12.4. The Hall–Kier alpha value is -2.41. The second-order valence-electron chi connectivity index (χ2n) is 7.19. The number of ether oxygens (including phenoxy) is 1. The van der Waals surface area contributed by atoms with E-state index < -0.39 is 11.8 Å². The zero-order chi connectivity index (χ0) is 18.3. The fourth-order valence-corrected chi connectivity index (χ4v) is 4.05. The van der Waals surface area contributed by atoms with Crippen LogP contribution in [-0.4, -0.2) is 43.5 Å². The molecule has 0 aliphatic carbocycles. The topological polar surface area (TPSA) is 87.7 Å². The molecule has 26 heavy (non-hydrogen) atoms. The molecule has 0 aromatic heterocycles. The number of amides is 3. The molecule has 3 aliphatic heterocycles. The van der Waals surface area contributed by atoms with Crippen LogP contribution in [0.2, 0.25) is 0 Å². The molecule has 1 fully saturated rings. The molecule has 0 unspecified atom stereocenters. The number of hydrogen-bond donors (Lipinski definition) is 2. The molecule has 1 aromatic rings. The summed E-state index contributed by atoms with van der Waals surface area (Å²) in [5.74, 6) is -1.47. The van der Waals surface area contributed by atoms with Gasteiger partial charge < -0.3 is 20.3 Å². The number of nitrogens with one attached hydrogen (secondary N) is 2. The van der Waals surface area contributed by atoms with Crippen LogP contribution in [0.15, 0.2) is 12.1 Å². The number of benzene rings is 1. The quantitative estimate of drug-likeness (QED) is 0.799. The third-order valence-electron chi connectivity index (χ3n) is 5.40. The summed E-state index contributed by atoms with van der Waals surface area (Å²) in [6.45, 7) is 3.69. The van der Waals surface area contributed by atoms with Crippen LogP contribution in [0.5, 0.6) is 0 Å². The van der Waals surface area contributed by atoms with E-state index >= 15 is 0 Å². The van der Waals surface area contributed by atoms with Gasteiger partial charge in [0.2, 0.25) is 5.91 Å². The predicted octanol–water partition coefficient (Wildman–Crippen LogP) is 1.32. The summed E-state index contributed by atoms with van der Waals surface area (Å²) in [6.07, 6.45) is 3.66. The SMILES string of the molecule is C[C@@H]1C(=O)N2CCCc3cc(NC(=O)C(=O)NC[C@H]4CCCO4)cc1c32. The van der Waals surface area contributed by atoms with Crippen LogP contribution in [0.4, 0.5) is 11.4 Å². The maximum Gasteiger partial charge on any atom is 0.313 e. The molecule has 0 spiro atoms. The highest BCUT2D eigenvalue weighted by Gasteiger charge is 2.38. The molecular formula is C19H23N3O4. The number of nitrogens with zero attached hydrogens (tertiary/aromatic N) is 1. The van der Waals surface area contributed by atoms with Crippen molar-refractivity contribution in [3.63, 3.8) is 0 Å². The Morgan fingerprint density at radius 3 is 2.88 bits per heavy atom. The molecule has 2 atom stereocenters. The van der Waals surface area contributed by atoms with Gasteiger partial charge in [0.25, 0.3) is 0 Å². The van der Waals surface area contributed by atoms with E-state index in [4.69, 9.17) is 4.74 Å². The third kappa shape index (κ3) is 2.96. The molecule has 0 saturated carbocycles. The molecule has 0 bridgehead atoms. The van der Waals surface area contributed by atoms with Crippen molar-refractivity contribution in [3.8, 4) is 0 Å². The zero-order valence-electron chi connectivity index (χ0n) is 14.8. The summed E-state index contributed by atoms with van der Waals surface area (Å²) in [6, 6.07) is 3.69. The van der Waals surface area contributed by atoms with E-state index in [-0.39, 0.29) is 17.9 Å². The molecule has 3 aliphatic rings. The first-order valence-electron chi connectivity index (χ1n) is 9.23. The highest BCUT2D eigenvalue weighted by Crippen LogP contribution is 2.44. The number of hydrogen-bond acceptors (Lipinski definition) is 4. The van der Waals surface area contributed by atoms with Gasteiger partial charge in [-0.1, -0.05) is 0 Å². The molecule has 0 radical (unpaired) electrons. The third-order valence-corrected chi connectivity index (χ3v) is 5.40. The van der Waals surface area contributed by atoms with Crippen LogP contribution < -0.4 is 15.5 Å². The second-order valence-corrected chi connectivity index (χ2v) is 7.19. The average Bonchev–Trinajstić information content (AvgIpc) is 3.24. The lowest BCUT2D eigenvalue weighted by molar-refractivity contribution is -0.136. The fraction of sp³-hybridized carbons (Fsp3) is 0.526. The summed E-state index contributed by atoms with van der Waals surface area (Å²) in [5, 5.41) is 5.30. The largest absolute Gasteiger partial charge is 0.376 e. The van der Waals surface area contributed by atoms with Crippen molar-refractivity contribution in [2.45, 2.75) is 44.6 Å². The average molecular weight is 357 g/mol. The minimum atomic E-state index is -0.695. The Morgan fingerprint density at radius 1 is 1.27 bits per heavy atom. The maximum atomic E-state index is 12.4. The molecule has 7 nitrogen and oxygen atoms in total. The molecule has 138 valence electrons. The number of rotatable bonds is 3. The Balaban J connectivity index is 1.46. The van der Waals surface area contributed by atoms with E-state index in [0.29, 0.717) is 18.8 Å². The molecule has 1 saturated heterocycles. The van der Waals surface area contributed by atoms with Crippen LogP contribution in [-0.2, 0) is 25.5 Å².